The molecule has 3 rings (SSSR count). The molecule has 0 saturated heterocycles. The molecular weight excluding hydrogens is 323 g/mol. The highest BCUT2D eigenvalue weighted by molar-refractivity contribution is 7.98. The van der Waals surface area contributed by atoms with Crippen molar-refractivity contribution in [2.24, 2.45) is 7.05 Å². The molecule has 0 N–H and O–H groups in total. The summed E-state index contributed by atoms with van der Waals surface area (Å²) in [5, 5.41) is 9.40. The van der Waals surface area contributed by atoms with Gasteiger partial charge in [-0.1, -0.05) is 41.6 Å². The minimum atomic E-state index is -0.309. The predicted molar refractivity (Wildman–Crippen MR) is 85.2 cm³/mol. The molecule has 0 fully saturated rings. The smallest absolute Gasteiger partial charge is 0.191 e. The van der Waals surface area contributed by atoms with Gasteiger partial charge in [0, 0.05) is 19.0 Å². The number of benzene rings is 1. The van der Waals surface area contributed by atoms with Crippen LogP contribution in [-0.2, 0) is 12.8 Å². The van der Waals surface area contributed by atoms with Crippen LogP contribution in [0.15, 0.2) is 47.8 Å². The van der Waals surface area contributed by atoms with E-state index < -0.39 is 0 Å². The molecule has 4 nitrogen and oxygen atoms in total. The fourth-order valence-corrected chi connectivity index (χ4v) is 2.91. The molecule has 0 aliphatic rings. The molecule has 1 aromatic carbocycles. The van der Waals surface area contributed by atoms with Gasteiger partial charge in [-0.3, -0.25) is 0 Å². The first kappa shape index (κ1) is 15.0. The Hall–Kier alpha value is -1.92. The van der Waals surface area contributed by atoms with Gasteiger partial charge in [0.25, 0.3) is 0 Å². The van der Waals surface area contributed by atoms with Gasteiger partial charge in [-0.05, 0) is 23.8 Å². The van der Waals surface area contributed by atoms with Crippen molar-refractivity contribution in [3.8, 4) is 11.4 Å². The summed E-state index contributed by atoms with van der Waals surface area (Å²) < 4.78 is 15.6. The standard InChI is InChI=1S/C15H12ClFN4S/c1-21-14(11-4-2-3-5-12(11)17)19-20-15(21)22-9-10-6-7-13(16)18-8-10/h2-8H,9H2,1H3. The average molecular weight is 335 g/mol. The zero-order valence-corrected chi connectivity index (χ0v) is 13.3. The zero-order valence-electron chi connectivity index (χ0n) is 11.7. The van der Waals surface area contributed by atoms with Crippen LogP contribution in [0.1, 0.15) is 5.56 Å². The van der Waals surface area contributed by atoms with Gasteiger partial charge in [-0.15, -0.1) is 10.2 Å². The lowest BCUT2D eigenvalue weighted by atomic mass is 10.2. The Morgan fingerprint density at radius 3 is 2.73 bits per heavy atom. The van der Waals surface area contributed by atoms with Gasteiger partial charge in [0.2, 0.25) is 0 Å². The SMILES string of the molecule is Cn1c(SCc2ccc(Cl)nc2)nnc1-c1ccccc1F. The van der Waals surface area contributed by atoms with E-state index in [0.29, 0.717) is 27.5 Å². The Morgan fingerprint density at radius 1 is 1.18 bits per heavy atom. The van der Waals surface area contributed by atoms with Crippen LogP contribution in [0.25, 0.3) is 11.4 Å². The quantitative estimate of drug-likeness (QED) is 0.535. The van der Waals surface area contributed by atoms with Gasteiger partial charge < -0.3 is 4.57 Å². The monoisotopic (exact) mass is 334 g/mol. The summed E-state index contributed by atoms with van der Waals surface area (Å²) in [5.41, 5.74) is 1.47. The number of hydrogen-bond acceptors (Lipinski definition) is 4. The second kappa shape index (κ2) is 6.46. The first-order valence-corrected chi connectivity index (χ1v) is 7.89. The third-order valence-electron chi connectivity index (χ3n) is 3.11. The molecule has 0 saturated carbocycles. The first-order valence-electron chi connectivity index (χ1n) is 6.52. The molecule has 2 aromatic heterocycles. The molecular formula is C15H12ClFN4S. The number of rotatable bonds is 4. The van der Waals surface area contributed by atoms with Gasteiger partial charge in [0.05, 0.1) is 5.56 Å². The van der Waals surface area contributed by atoms with Gasteiger partial charge in [-0.25, -0.2) is 9.37 Å². The Kier molecular flexibility index (Phi) is 4.40. The number of pyridine rings is 1. The molecule has 22 heavy (non-hydrogen) atoms. The van der Waals surface area contributed by atoms with Crippen LogP contribution in [0.3, 0.4) is 0 Å². The van der Waals surface area contributed by atoms with Crippen LogP contribution in [0, 0.1) is 5.82 Å². The number of halogens is 2. The highest BCUT2D eigenvalue weighted by Crippen LogP contribution is 2.26. The molecule has 3 aromatic rings. The Balaban J connectivity index is 1.79. The van der Waals surface area contributed by atoms with Crippen LogP contribution in [0.4, 0.5) is 4.39 Å². The van der Waals surface area contributed by atoms with Crippen LogP contribution in [0.2, 0.25) is 5.15 Å². The summed E-state index contributed by atoms with van der Waals surface area (Å²) in [6, 6.07) is 10.2. The summed E-state index contributed by atoms with van der Waals surface area (Å²) >= 11 is 7.27. The molecule has 0 atom stereocenters. The fraction of sp³-hybridized carbons (Fsp3) is 0.133. The molecule has 0 aliphatic carbocycles. The normalized spacial score (nSPS) is 10.9. The third kappa shape index (κ3) is 3.13. The maximum Gasteiger partial charge on any atom is 0.191 e. The molecule has 0 radical (unpaired) electrons. The average Bonchev–Trinajstić information content (AvgIpc) is 2.88. The van der Waals surface area contributed by atoms with Crippen molar-refractivity contribution in [3.63, 3.8) is 0 Å². The van der Waals surface area contributed by atoms with E-state index in [2.05, 4.69) is 15.2 Å². The van der Waals surface area contributed by atoms with Crippen molar-refractivity contribution in [1.82, 2.24) is 19.7 Å². The fourth-order valence-electron chi connectivity index (χ4n) is 1.96. The summed E-state index contributed by atoms with van der Waals surface area (Å²) in [5.74, 6) is 0.888. The van der Waals surface area contributed by atoms with Crippen molar-refractivity contribution in [1.29, 1.82) is 0 Å². The lowest BCUT2D eigenvalue weighted by molar-refractivity contribution is 0.628. The van der Waals surface area contributed by atoms with E-state index in [1.807, 2.05) is 13.1 Å². The minimum absolute atomic E-state index is 0.309. The lowest BCUT2D eigenvalue weighted by Crippen LogP contribution is -1.96. The highest BCUT2D eigenvalue weighted by atomic mass is 35.5. The number of nitrogens with zero attached hydrogens (tertiary/aromatic N) is 4. The van der Waals surface area contributed by atoms with E-state index in [-0.39, 0.29) is 5.82 Å². The molecule has 2 heterocycles. The van der Waals surface area contributed by atoms with Gasteiger partial charge in [0.15, 0.2) is 11.0 Å². The number of thioether (sulfide) groups is 1. The highest BCUT2D eigenvalue weighted by Gasteiger charge is 2.14. The summed E-state index contributed by atoms with van der Waals surface area (Å²) in [4.78, 5) is 4.04. The van der Waals surface area contributed by atoms with Crippen molar-refractivity contribution < 1.29 is 4.39 Å². The van der Waals surface area contributed by atoms with Crippen molar-refractivity contribution in [2.45, 2.75) is 10.9 Å². The number of aromatic nitrogens is 4. The summed E-state index contributed by atoms with van der Waals surface area (Å²) in [7, 11) is 1.82. The first-order chi connectivity index (χ1) is 10.6. The second-order valence-corrected chi connectivity index (χ2v) is 5.95. The van der Waals surface area contributed by atoms with E-state index >= 15 is 0 Å². The van der Waals surface area contributed by atoms with E-state index in [0.717, 1.165) is 5.56 Å². The van der Waals surface area contributed by atoms with E-state index in [4.69, 9.17) is 11.6 Å². The van der Waals surface area contributed by atoms with Gasteiger partial charge in [-0.2, -0.15) is 0 Å². The lowest BCUT2D eigenvalue weighted by Gasteiger charge is -2.04. The molecule has 0 bridgehead atoms. The maximum atomic E-state index is 13.8. The van der Waals surface area contributed by atoms with Crippen LogP contribution >= 0.6 is 23.4 Å². The molecule has 0 unspecified atom stereocenters. The van der Waals surface area contributed by atoms with Crippen molar-refractivity contribution in [3.05, 3.63) is 59.1 Å². The molecule has 0 spiro atoms. The van der Waals surface area contributed by atoms with Crippen molar-refractivity contribution >= 4 is 23.4 Å². The van der Waals surface area contributed by atoms with Crippen LogP contribution < -0.4 is 0 Å². The predicted octanol–water partition coefficient (Wildman–Crippen LogP) is 3.96. The Labute approximate surface area is 136 Å². The van der Waals surface area contributed by atoms with E-state index in [9.17, 15) is 4.39 Å². The van der Waals surface area contributed by atoms with E-state index in [1.165, 1.54) is 17.8 Å². The molecule has 7 heteroatoms. The topological polar surface area (TPSA) is 43.6 Å². The van der Waals surface area contributed by atoms with Crippen LogP contribution in [0.5, 0.6) is 0 Å². The molecule has 0 amide bonds. The Bertz CT molecular complexity index is 788. The third-order valence-corrected chi connectivity index (χ3v) is 4.42. The molecule has 0 aliphatic heterocycles. The second-order valence-electron chi connectivity index (χ2n) is 4.62. The molecule has 112 valence electrons. The van der Waals surface area contributed by atoms with Crippen molar-refractivity contribution in [2.75, 3.05) is 0 Å². The minimum Gasteiger partial charge on any atom is -0.305 e. The zero-order chi connectivity index (χ0) is 15.5. The van der Waals surface area contributed by atoms with Crippen LogP contribution in [-0.4, -0.2) is 19.7 Å². The summed E-state index contributed by atoms with van der Waals surface area (Å²) in [6.07, 6.45) is 1.73. The van der Waals surface area contributed by atoms with E-state index in [1.54, 1.807) is 35.0 Å². The van der Waals surface area contributed by atoms with Gasteiger partial charge in [0.1, 0.15) is 11.0 Å². The number of hydrogen-bond donors (Lipinski definition) is 0. The largest absolute Gasteiger partial charge is 0.305 e. The maximum absolute atomic E-state index is 13.8. The van der Waals surface area contributed by atoms with Gasteiger partial charge >= 0.3 is 0 Å². The Morgan fingerprint density at radius 2 is 2.00 bits per heavy atom. The summed E-state index contributed by atoms with van der Waals surface area (Å²) in [6.45, 7) is 0.